The number of nitrogens with two attached hydrogens (primary N) is 1. The highest BCUT2D eigenvalue weighted by molar-refractivity contribution is 7.09. The Morgan fingerprint density at radius 2 is 2.16 bits per heavy atom. The first-order valence-corrected chi connectivity index (χ1v) is 7.71. The quantitative estimate of drug-likeness (QED) is 0.908. The van der Waals surface area contributed by atoms with Crippen LogP contribution in [0.5, 0.6) is 0 Å². The van der Waals surface area contributed by atoms with Crippen LogP contribution in [0.3, 0.4) is 0 Å². The molecule has 2 aromatic rings. The molecule has 2 N–H and O–H groups in total. The van der Waals surface area contributed by atoms with Gasteiger partial charge in [0.2, 0.25) is 0 Å². The van der Waals surface area contributed by atoms with Crippen LogP contribution in [-0.4, -0.2) is 24.6 Å². The van der Waals surface area contributed by atoms with Crippen LogP contribution in [0.1, 0.15) is 16.3 Å². The maximum absolute atomic E-state index is 5.55. The standard InChI is InChI=1S/C15H19N3S/c16-8-5-13-11-19-15(17-13)7-10-18-9-6-12-3-1-2-4-14(12)18/h1-4,11H,5-10,16H2. The second-order valence-electron chi connectivity index (χ2n) is 4.89. The lowest BCUT2D eigenvalue weighted by Crippen LogP contribution is -2.23. The minimum absolute atomic E-state index is 0.683. The van der Waals surface area contributed by atoms with Crippen LogP contribution in [0.25, 0.3) is 0 Å². The summed E-state index contributed by atoms with van der Waals surface area (Å²) in [5.74, 6) is 0. The van der Waals surface area contributed by atoms with Crippen molar-refractivity contribution in [3.8, 4) is 0 Å². The second-order valence-corrected chi connectivity index (χ2v) is 5.83. The summed E-state index contributed by atoms with van der Waals surface area (Å²) in [5.41, 5.74) is 9.58. The molecule has 3 rings (SSSR count). The van der Waals surface area contributed by atoms with E-state index in [0.29, 0.717) is 6.54 Å². The fourth-order valence-electron chi connectivity index (χ4n) is 2.60. The number of rotatable bonds is 5. The summed E-state index contributed by atoms with van der Waals surface area (Å²) < 4.78 is 0. The first kappa shape index (κ1) is 12.6. The van der Waals surface area contributed by atoms with Crippen LogP contribution in [0.15, 0.2) is 29.6 Å². The third-order valence-electron chi connectivity index (χ3n) is 3.58. The Balaban J connectivity index is 1.61. The summed E-state index contributed by atoms with van der Waals surface area (Å²) in [6.45, 7) is 2.88. The molecule has 0 fully saturated rings. The zero-order chi connectivity index (χ0) is 13.1. The van der Waals surface area contributed by atoms with Crippen LogP contribution in [0.4, 0.5) is 5.69 Å². The van der Waals surface area contributed by atoms with E-state index in [2.05, 4.69) is 39.5 Å². The Labute approximate surface area is 118 Å². The molecule has 1 aromatic carbocycles. The zero-order valence-electron chi connectivity index (χ0n) is 11.0. The Hall–Kier alpha value is -1.39. The molecule has 0 aliphatic carbocycles. The van der Waals surface area contributed by atoms with Gasteiger partial charge in [-0.15, -0.1) is 11.3 Å². The van der Waals surface area contributed by atoms with Crippen LogP contribution in [0.2, 0.25) is 0 Å². The van der Waals surface area contributed by atoms with Crippen molar-refractivity contribution in [1.82, 2.24) is 4.98 Å². The number of hydrogen-bond donors (Lipinski definition) is 1. The smallest absolute Gasteiger partial charge is 0.0945 e. The number of anilines is 1. The number of aromatic nitrogens is 1. The number of hydrogen-bond acceptors (Lipinski definition) is 4. The van der Waals surface area contributed by atoms with Crippen LogP contribution in [0, 0.1) is 0 Å². The number of nitrogens with zero attached hydrogens (tertiary/aromatic N) is 2. The topological polar surface area (TPSA) is 42.1 Å². The lowest BCUT2D eigenvalue weighted by molar-refractivity contribution is 0.804. The van der Waals surface area contributed by atoms with Gasteiger partial charge >= 0.3 is 0 Å². The molecule has 0 spiro atoms. The number of benzene rings is 1. The van der Waals surface area contributed by atoms with Gasteiger partial charge in [-0.25, -0.2) is 4.98 Å². The van der Waals surface area contributed by atoms with Gasteiger partial charge in [-0.3, -0.25) is 0 Å². The predicted octanol–water partition coefficient (Wildman–Crippen LogP) is 2.25. The minimum Gasteiger partial charge on any atom is -0.371 e. The third-order valence-corrected chi connectivity index (χ3v) is 4.54. The van der Waals surface area contributed by atoms with E-state index < -0.39 is 0 Å². The molecular formula is C15H19N3S. The molecule has 2 heterocycles. The molecule has 0 amide bonds. The van der Waals surface area contributed by atoms with Crippen LogP contribution in [-0.2, 0) is 19.3 Å². The van der Waals surface area contributed by atoms with Crippen molar-refractivity contribution in [2.45, 2.75) is 19.3 Å². The summed E-state index contributed by atoms with van der Waals surface area (Å²) >= 11 is 1.76. The lowest BCUT2D eigenvalue weighted by Gasteiger charge is -2.18. The van der Waals surface area contributed by atoms with E-state index >= 15 is 0 Å². The first-order valence-electron chi connectivity index (χ1n) is 6.83. The molecule has 0 saturated carbocycles. The largest absolute Gasteiger partial charge is 0.371 e. The fraction of sp³-hybridized carbons (Fsp3) is 0.400. The molecule has 0 bridgehead atoms. The summed E-state index contributed by atoms with van der Waals surface area (Å²) in [4.78, 5) is 7.10. The molecule has 1 aliphatic heterocycles. The Morgan fingerprint density at radius 1 is 1.26 bits per heavy atom. The number of fused-ring (bicyclic) bond motifs is 1. The maximum Gasteiger partial charge on any atom is 0.0945 e. The van der Waals surface area contributed by atoms with Crippen LogP contribution >= 0.6 is 11.3 Å². The normalized spacial score (nSPS) is 13.8. The van der Waals surface area contributed by atoms with E-state index in [1.165, 1.54) is 22.7 Å². The Kier molecular flexibility index (Phi) is 3.80. The predicted molar refractivity (Wildman–Crippen MR) is 80.9 cm³/mol. The van der Waals surface area contributed by atoms with E-state index in [-0.39, 0.29) is 0 Å². The van der Waals surface area contributed by atoms with Crippen molar-refractivity contribution in [2.75, 3.05) is 24.5 Å². The van der Waals surface area contributed by atoms with Crippen molar-refractivity contribution < 1.29 is 0 Å². The summed E-state index contributed by atoms with van der Waals surface area (Å²) in [6.07, 6.45) is 3.10. The summed E-state index contributed by atoms with van der Waals surface area (Å²) in [5, 5.41) is 3.37. The van der Waals surface area contributed by atoms with Crippen molar-refractivity contribution >= 4 is 17.0 Å². The monoisotopic (exact) mass is 273 g/mol. The molecule has 1 aliphatic rings. The van der Waals surface area contributed by atoms with Gasteiger partial charge in [-0.1, -0.05) is 18.2 Å². The van der Waals surface area contributed by atoms with Gasteiger partial charge in [0, 0.05) is 37.0 Å². The summed E-state index contributed by atoms with van der Waals surface area (Å²) in [6, 6.07) is 8.71. The molecule has 4 heteroatoms. The maximum atomic E-state index is 5.55. The van der Waals surface area contributed by atoms with Gasteiger partial charge in [0.1, 0.15) is 0 Å². The van der Waals surface area contributed by atoms with Crippen molar-refractivity contribution in [1.29, 1.82) is 0 Å². The SMILES string of the molecule is NCCc1csc(CCN2CCc3ccccc32)n1. The van der Waals surface area contributed by atoms with Gasteiger partial charge in [0.15, 0.2) is 0 Å². The van der Waals surface area contributed by atoms with Crippen LogP contribution < -0.4 is 10.6 Å². The van der Waals surface area contributed by atoms with Gasteiger partial charge in [-0.05, 0) is 24.6 Å². The molecule has 0 atom stereocenters. The summed E-state index contributed by atoms with van der Waals surface area (Å²) in [7, 11) is 0. The average molecular weight is 273 g/mol. The number of thiazole rings is 1. The van der Waals surface area contributed by atoms with E-state index in [9.17, 15) is 0 Å². The molecule has 0 saturated heterocycles. The van der Waals surface area contributed by atoms with Gasteiger partial charge in [0.25, 0.3) is 0 Å². The van der Waals surface area contributed by atoms with Crippen molar-refractivity contribution in [2.24, 2.45) is 5.73 Å². The Bertz CT molecular complexity index is 550. The van der Waals surface area contributed by atoms with Gasteiger partial charge in [0.05, 0.1) is 10.7 Å². The van der Waals surface area contributed by atoms with E-state index in [4.69, 9.17) is 5.73 Å². The minimum atomic E-state index is 0.683. The van der Waals surface area contributed by atoms with E-state index in [0.717, 1.165) is 31.6 Å². The fourth-order valence-corrected chi connectivity index (χ4v) is 3.42. The van der Waals surface area contributed by atoms with Crippen molar-refractivity contribution in [3.05, 3.63) is 45.9 Å². The molecular weight excluding hydrogens is 254 g/mol. The molecule has 100 valence electrons. The van der Waals surface area contributed by atoms with E-state index in [1.807, 2.05) is 0 Å². The highest BCUT2D eigenvalue weighted by Gasteiger charge is 2.18. The zero-order valence-corrected chi connectivity index (χ0v) is 11.8. The lowest BCUT2D eigenvalue weighted by atomic mass is 10.2. The molecule has 1 aromatic heterocycles. The average Bonchev–Trinajstić information content (AvgIpc) is 3.04. The molecule has 0 unspecified atom stereocenters. The second kappa shape index (κ2) is 5.72. The van der Waals surface area contributed by atoms with Gasteiger partial charge in [-0.2, -0.15) is 0 Å². The van der Waals surface area contributed by atoms with E-state index in [1.54, 1.807) is 11.3 Å². The molecule has 0 radical (unpaired) electrons. The Morgan fingerprint density at radius 3 is 3.05 bits per heavy atom. The van der Waals surface area contributed by atoms with Crippen molar-refractivity contribution in [3.63, 3.8) is 0 Å². The first-order chi connectivity index (χ1) is 9.36. The van der Waals surface area contributed by atoms with Gasteiger partial charge < -0.3 is 10.6 Å². The molecule has 19 heavy (non-hydrogen) atoms. The third kappa shape index (κ3) is 2.80. The highest BCUT2D eigenvalue weighted by atomic mass is 32.1. The molecule has 3 nitrogen and oxygen atoms in total. The number of para-hydroxylation sites is 1. The highest BCUT2D eigenvalue weighted by Crippen LogP contribution is 2.27.